The second-order valence-corrected chi connectivity index (χ2v) is 6.16. The lowest BCUT2D eigenvalue weighted by molar-refractivity contribution is 0.0998. The zero-order chi connectivity index (χ0) is 18.0. The molecule has 1 heterocycles. The molecule has 2 amide bonds. The van der Waals surface area contributed by atoms with Crippen molar-refractivity contribution in [3.8, 4) is 0 Å². The van der Waals surface area contributed by atoms with Crippen LogP contribution in [0.3, 0.4) is 0 Å². The van der Waals surface area contributed by atoms with E-state index in [0.717, 1.165) is 16.6 Å². The topological polar surface area (TPSA) is 85.1 Å². The molecule has 0 fully saturated rings. The standard InChI is InChI=1S/C20H19N3O2/c1-12(2)18-11-16(15-5-3-4-6-17(15)23-18)20(25)22-14-9-7-13(8-10-14)19(21)24/h3-12H,1-2H3,(H2,21,24)(H,22,25). The Morgan fingerprint density at radius 3 is 2.36 bits per heavy atom. The third kappa shape index (κ3) is 3.50. The number of nitrogens with one attached hydrogen (secondary N) is 1. The summed E-state index contributed by atoms with van der Waals surface area (Å²) in [6.07, 6.45) is 0. The zero-order valence-electron chi connectivity index (χ0n) is 14.1. The van der Waals surface area contributed by atoms with Gasteiger partial charge in [-0.05, 0) is 42.3 Å². The molecule has 2 aromatic carbocycles. The molecule has 25 heavy (non-hydrogen) atoms. The number of nitrogens with two attached hydrogens (primary N) is 1. The molecule has 1 aromatic heterocycles. The van der Waals surface area contributed by atoms with E-state index in [4.69, 9.17) is 5.73 Å². The Morgan fingerprint density at radius 1 is 1.04 bits per heavy atom. The van der Waals surface area contributed by atoms with Gasteiger partial charge in [0.1, 0.15) is 0 Å². The average Bonchev–Trinajstić information content (AvgIpc) is 2.61. The van der Waals surface area contributed by atoms with Gasteiger partial charge in [0.25, 0.3) is 5.91 Å². The van der Waals surface area contributed by atoms with Crippen molar-refractivity contribution in [3.63, 3.8) is 0 Å². The number of hydrogen-bond acceptors (Lipinski definition) is 3. The van der Waals surface area contributed by atoms with Crippen molar-refractivity contribution < 1.29 is 9.59 Å². The molecule has 0 bridgehead atoms. The maximum Gasteiger partial charge on any atom is 0.256 e. The fourth-order valence-electron chi connectivity index (χ4n) is 2.60. The van der Waals surface area contributed by atoms with Crippen molar-refractivity contribution >= 4 is 28.4 Å². The van der Waals surface area contributed by atoms with Crippen LogP contribution in [-0.2, 0) is 0 Å². The van der Waals surface area contributed by atoms with E-state index in [9.17, 15) is 9.59 Å². The molecule has 0 saturated carbocycles. The number of aromatic nitrogens is 1. The number of anilines is 1. The summed E-state index contributed by atoms with van der Waals surface area (Å²) in [5, 5.41) is 3.67. The van der Waals surface area contributed by atoms with Gasteiger partial charge in [0.2, 0.25) is 5.91 Å². The Kier molecular flexibility index (Phi) is 4.48. The zero-order valence-corrected chi connectivity index (χ0v) is 14.1. The second-order valence-electron chi connectivity index (χ2n) is 6.16. The largest absolute Gasteiger partial charge is 0.366 e. The van der Waals surface area contributed by atoms with Gasteiger partial charge >= 0.3 is 0 Å². The summed E-state index contributed by atoms with van der Waals surface area (Å²) in [5.41, 5.74) is 8.47. The number of rotatable bonds is 4. The van der Waals surface area contributed by atoms with Crippen molar-refractivity contribution in [2.45, 2.75) is 19.8 Å². The van der Waals surface area contributed by atoms with Crippen LogP contribution in [0, 0.1) is 0 Å². The highest BCUT2D eigenvalue weighted by atomic mass is 16.2. The number of para-hydroxylation sites is 1. The molecular formula is C20H19N3O2. The van der Waals surface area contributed by atoms with Crippen LogP contribution in [0.25, 0.3) is 10.9 Å². The number of carbonyl (C=O) groups excluding carboxylic acids is 2. The molecule has 3 rings (SSSR count). The predicted octanol–water partition coefficient (Wildman–Crippen LogP) is 3.71. The molecule has 0 atom stereocenters. The van der Waals surface area contributed by atoms with Crippen LogP contribution >= 0.6 is 0 Å². The number of pyridine rings is 1. The van der Waals surface area contributed by atoms with Crippen LogP contribution in [-0.4, -0.2) is 16.8 Å². The molecule has 5 nitrogen and oxygen atoms in total. The fraction of sp³-hybridized carbons (Fsp3) is 0.150. The summed E-state index contributed by atoms with van der Waals surface area (Å²) >= 11 is 0. The Bertz CT molecular complexity index is 947. The van der Waals surface area contributed by atoms with E-state index < -0.39 is 5.91 Å². The molecular weight excluding hydrogens is 314 g/mol. The van der Waals surface area contributed by atoms with Crippen molar-refractivity contribution in [2.24, 2.45) is 5.73 Å². The van der Waals surface area contributed by atoms with Crippen molar-refractivity contribution in [1.29, 1.82) is 0 Å². The first-order valence-corrected chi connectivity index (χ1v) is 8.06. The van der Waals surface area contributed by atoms with Crippen LogP contribution in [0.2, 0.25) is 0 Å². The van der Waals surface area contributed by atoms with Gasteiger partial charge in [0.05, 0.1) is 11.1 Å². The van der Waals surface area contributed by atoms with Gasteiger partial charge < -0.3 is 11.1 Å². The van der Waals surface area contributed by atoms with E-state index in [2.05, 4.69) is 10.3 Å². The Morgan fingerprint density at radius 2 is 1.72 bits per heavy atom. The van der Waals surface area contributed by atoms with Gasteiger partial charge in [0.15, 0.2) is 0 Å². The molecule has 0 radical (unpaired) electrons. The first kappa shape index (κ1) is 16.6. The summed E-state index contributed by atoms with van der Waals surface area (Å²) in [6.45, 7) is 4.09. The number of fused-ring (bicyclic) bond motifs is 1. The molecule has 0 aliphatic carbocycles. The van der Waals surface area contributed by atoms with Gasteiger partial charge in [-0.2, -0.15) is 0 Å². The second kappa shape index (κ2) is 6.73. The quantitative estimate of drug-likeness (QED) is 0.763. The van der Waals surface area contributed by atoms with Crippen LogP contribution < -0.4 is 11.1 Å². The first-order chi connectivity index (χ1) is 12.0. The van der Waals surface area contributed by atoms with Gasteiger partial charge in [-0.15, -0.1) is 0 Å². The molecule has 3 N–H and O–H groups in total. The lowest BCUT2D eigenvalue weighted by atomic mass is 10.0. The molecule has 0 aliphatic rings. The average molecular weight is 333 g/mol. The van der Waals surface area contributed by atoms with E-state index in [1.807, 2.05) is 44.2 Å². The SMILES string of the molecule is CC(C)c1cc(C(=O)Nc2ccc(C(N)=O)cc2)c2ccccc2n1. The maximum absolute atomic E-state index is 12.8. The summed E-state index contributed by atoms with van der Waals surface area (Å²) < 4.78 is 0. The Hall–Kier alpha value is -3.21. The number of primary amides is 1. The molecule has 126 valence electrons. The molecule has 0 aliphatic heterocycles. The minimum Gasteiger partial charge on any atom is -0.366 e. The predicted molar refractivity (Wildman–Crippen MR) is 98.7 cm³/mol. The number of carbonyl (C=O) groups is 2. The van der Waals surface area contributed by atoms with Crippen LogP contribution in [0.4, 0.5) is 5.69 Å². The van der Waals surface area contributed by atoms with Crippen LogP contribution in [0.15, 0.2) is 54.6 Å². The van der Waals surface area contributed by atoms with Gasteiger partial charge in [-0.3, -0.25) is 14.6 Å². The normalized spacial score (nSPS) is 10.8. The molecule has 0 unspecified atom stereocenters. The van der Waals surface area contributed by atoms with Gasteiger partial charge in [-0.25, -0.2) is 0 Å². The number of nitrogens with zero attached hydrogens (tertiary/aromatic N) is 1. The molecule has 0 saturated heterocycles. The number of hydrogen-bond donors (Lipinski definition) is 2. The minimum atomic E-state index is -0.500. The highest BCUT2D eigenvalue weighted by Crippen LogP contribution is 2.23. The van der Waals surface area contributed by atoms with E-state index in [0.29, 0.717) is 16.8 Å². The Labute approximate surface area is 145 Å². The van der Waals surface area contributed by atoms with Crippen LogP contribution in [0.5, 0.6) is 0 Å². The molecule has 3 aromatic rings. The van der Waals surface area contributed by atoms with Crippen molar-refractivity contribution in [1.82, 2.24) is 4.98 Å². The minimum absolute atomic E-state index is 0.214. The van der Waals surface area contributed by atoms with E-state index >= 15 is 0 Å². The van der Waals surface area contributed by atoms with E-state index in [-0.39, 0.29) is 11.8 Å². The van der Waals surface area contributed by atoms with E-state index in [1.54, 1.807) is 24.3 Å². The molecule has 0 spiro atoms. The Balaban J connectivity index is 1.97. The first-order valence-electron chi connectivity index (χ1n) is 8.06. The fourth-order valence-corrected chi connectivity index (χ4v) is 2.60. The molecule has 5 heteroatoms. The van der Waals surface area contributed by atoms with Crippen molar-refractivity contribution in [2.75, 3.05) is 5.32 Å². The third-order valence-corrected chi connectivity index (χ3v) is 4.00. The van der Waals surface area contributed by atoms with E-state index in [1.165, 1.54) is 0 Å². The summed E-state index contributed by atoms with van der Waals surface area (Å²) in [5.74, 6) is -0.502. The maximum atomic E-state index is 12.8. The monoisotopic (exact) mass is 333 g/mol. The number of amides is 2. The number of benzene rings is 2. The highest BCUT2D eigenvalue weighted by Gasteiger charge is 2.14. The lowest BCUT2D eigenvalue weighted by Gasteiger charge is -2.12. The highest BCUT2D eigenvalue weighted by molar-refractivity contribution is 6.12. The van der Waals surface area contributed by atoms with Crippen molar-refractivity contribution in [3.05, 3.63) is 71.4 Å². The lowest BCUT2D eigenvalue weighted by Crippen LogP contribution is -2.14. The van der Waals surface area contributed by atoms with Gasteiger partial charge in [-0.1, -0.05) is 32.0 Å². The van der Waals surface area contributed by atoms with Crippen LogP contribution in [0.1, 0.15) is 46.2 Å². The summed E-state index contributed by atoms with van der Waals surface area (Å²) in [4.78, 5) is 28.5. The summed E-state index contributed by atoms with van der Waals surface area (Å²) in [7, 11) is 0. The third-order valence-electron chi connectivity index (χ3n) is 4.00. The van der Waals surface area contributed by atoms with Gasteiger partial charge in [0, 0.05) is 22.3 Å². The summed E-state index contributed by atoms with van der Waals surface area (Å²) in [6, 6.07) is 15.9. The smallest absolute Gasteiger partial charge is 0.256 e.